The standard InChI is InChI=1S/C18H27N7O2/c1-13(26)24(2)16-10-8-15(9-11-16)22-18(19)20-12-25(23-18)17(27)21-14-6-4-3-5-7-14/h8-12,14,22-23H,3-7,19H2,1-2H3,(H,21,27). The van der Waals surface area contributed by atoms with Crippen molar-refractivity contribution >= 4 is 29.7 Å². The number of carbonyl (C=O) groups is 2. The Bertz CT molecular complexity index is 715. The molecular weight excluding hydrogens is 346 g/mol. The number of hydrogen-bond donors (Lipinski definition) is 4. The minimum absolute atomic E-state index is 0.0484. The van der Waals surface area contributed by atoms with Crippen molar-refractivity contribution < 1.29 is 9.59 Å². The molecule has 1 fully saturated rings. The number of benzene rings is 1. The van der Waals surface area contributed by atoms with Gasteiger partial charge in [-0.15, -0.1) is 0 Å². The number of urea groups is 1. The van der Waals surface area contributed by atoms with Gasteiger partial charge >= 0.3 is 6.03 Å². The van der Waals surface area contributed by atoms with E-state index in [0.29, 0.717) is 5.69 Å². The maximum atomic E-state index is 12.4. The fourth-order valence-electron chi connectivity index (χ4n) is 3.21. The van der Waals surface area contributed by atoms with Crippen molar-refractivity contribution in [1.29, 1.82) is 0 Å². The van der Waals surface area contributed by atoms with Crippen LogP contribution in [0.3, 0.4) is 0 Å². The maximum absolute atomic E-state index is 12.4. The Balaban J connectivity index is 1.56. The highest BCUT2D eigenvalue weighted by Gasteiger charge is 2.34. The van der Waals surface area contributed by atoms with E-state index in [1.165, 1.54) is 24.7 Å². The Hall–Kier alpha value is -2.65. The van der Waals surface area contributed by atoms with E-state index in [0.717, 1.165) is 31.4 Å². The molecule has 1 aromatic rings. The quantitative estimate of drug-likeness (QED) is 0.598. The van der Waals surface area contributed by atoms with Crippen LogP contribution in [-0.4, -0.2) is 42.3 Å². The highest BCUT2D eigenvalue weighted by molar-refractivity contribution is 5.91. The van der Waals surface area contributed by atoms with Crippen molar-refractivity contribution in [3.05, 3.63) is 24.3 Å². The smallest absolute Gasteiger partial charge is 0.335 e. The molecule has 0 saturated heterocycles. The Morgan fingerprint density at radius 2 is 1.93 bits per heavy atom. The van der Waals surface area contributed by atoms with E-state index in [1.54, 1.807) is 36.2 Å². The normalized spacial score (nSPS) is 22.6. The summed E-state index contributed by atoms with van der Waals surface area (Å²) < 4.78 is 0. The monoisotopic (exact) mass is 373 g/mol. The highest BCUT2D eigenvalue weighted by Crippen LogP contribution is 2.20. The molecule has 1 atom stereocenters. The average Bonchev–Trinajstić information content (AvgIpc) is 3.04. The van der Waals surface area contributed by atoms with Crippen molar-refractivity contribution in [2.75, 3.05) is 17.3 Å². The summed E-state index contributed by atoms with van der Waals surface area (Å²) in [7, 11) is 1.71. The number of hydrazine groups is 1. The fourth-order valence-corrected chi connectivity index (χ4v) is 3.21. The summed E-state index contributed by atoms with van der Waals surface area (Å²) in [4.78, 5) is 29.5. The van der Waals surface area contributed by atoms with Gasteiger partial charge in [-0.25, -0.2) is 14.8 Å². The molecular formula is C18H27N7O2. The van der Waals surface area contributed by atoms with Crippen LogP contribution in [0.1, 0.15) is 39.0 Å². The van der Waals surface area contributed by atoms with Crippen molar-refractivity contribution in [1.82, 2.24) is 15.8 Å². The van der Waals surface area contributed by atoms with Crippen molar-refractivity contribution in [3.63, 3.8) is 0 Å². The zero-order valence-electron chi connectivity index (χ0n) is 15.7. The van der Waals surface area contributed by atoms with Gasteiger partial charge in [0.1, 0.15) is 6.34 Å². The van der Waals surface area contributed by atoms with Gasteiger partial charge in [0, 0.05) is 31.4 Å². The summed E-state index contributed by atoms with van der Waals surface area (Å²) in [6, 6.07) is 7.14. The highest BCUT2D eigenvalue weighted by atomic mass is 16.2. The van der Waals surface area contributed by atoms with E-state index in [-0.39, 0.29) is 18.0 Å². The minimum Gasteiger partial charge on any atom is -0.335 e. The molecule has 3 amide bonds. The average molecular weight is 373 g/mol. The van der Waals surface area contributed by atoms with Crippen LogP contribution in [0.25, 0.3) is 0 Å². The number of nitrogens with one attached hydrogen (secondary N) is 3. The first-order valence-electron chi connectivity index (χ1n) is 9.21. The first kappa shape index (κ1) is 19.1. The van der Waals surface area contributed by atoms with Gasteiger partial charge in [-0.05, 0) is 37.1 Å². The number of aliphatic imine (C=N–C) groups is 1. The van der Waals surface area contributed by atoms with Crippen molar-refractivity contribution in [3.8, 4) is 0 Å². The number of nitrogens with two attached hydrogens (primary N) is 1. The molecule has 1 aliphatic carbocycles. The lowest BCUT2D eigenvalue weighted by Gasteiger charge is -2.28. The zero-order chi connectivity index (χ0) is 19.4. The van der Waals surface area contributed by atoms with E-state index in [9.17, 15) is 9.59 Å². The lowest BCUT2D eigenvalue weighted by molar-refractivity contribution is -0.116. The zero-order valence-corrected chi connectivity index (χ0v) is 15.7. The molecule has 1 heterocycles. The van der Waals surface area contributed by atoms with Gasteiger partial charge in [0.15, 0.2) is 0 Å². The second-order valence-corrected chi connectivity index (χ2v) is 7.03. The van der Waals surface area contributed by atoms with Crippen LogP contribution in [-0.2, 0) is 4.79 Å². The van der Waals surface area contributed by atoms with Gasteiger partial charge in [0.2, 0.25) is 5.91 Å². The van der Waals surface area contributed by atoms with Crippen LogP contribution in [0, 0.1) is 0 Å². The summed E-state index contributed by atoms with van der Waals surface area (Å²) >= 11 is 0. The molecule has 3 rings (SSSR count). The lowest BCUT2D eigenvalue weighted by Crippen LogP contribution is -2.61. The number of anilines is 2. The number of nitrogens with zero attached hydrogens (tertiary/aromatic N) is 3. The Labute approximate surface area is 158 Å². The van der Waals surface area contributed by atoms with Gasteiger partial charge in [0.05, 0.1) is 0 Å². The fraction of sp³-hybridized carbons (Fsp3) is 0.500. The molecule has 0 spiro atoms. The predicted molar refractivity (Wildman–Crippen MR) is 105 cm³/mol. The molecule has 1 aliphatic heterocycles. The molecule has 0 radical (unpaired) electrons. The lowest BCUT2D eigenvalue weighted by atomic mass is 9.96. The van der Waals surface area contributed by atoms with Crippen molar-refractivity contribution in [2.24, 2.45) is 10.7 Å². The second-order valence-electron chi connectivity index (χ2n) is 7.03. The van der Waals surface area contributed by atoms with Gasteiger partial charge in [-0.3, -0.25) is 10.5 Å². The molecule has 0 aromatic heterocycles. The Morgan fingerprint density at radius 1 is 1.26 bits per heavy atom. The molecule has 2 aliphatic rings. The molecule has 1 saturated carbocycles. The Morgan fingerprint density at radius 3 is 2.56 bits per heavy atom. The number of hydrogen-bond acceptors (Lipinski definition) is 6. The molecule has 9 heteroatoms. The van der Waals surface area contributed by atoms with Gasteiger partial charge in [-0.2, -0.15) is 5.43 Å². The van der Waals surface area contributed by atoms with E-state index >= 15 is 0 Å². The molecule has 146 valence electrons. The van der Waals surface area contributed by atoms with Crippen LogP contribution >= 0.6 is 0 Å². The van der Waals surface area contributed by atoms with Gasteiger partial charge in [-0.1, -0.05) is 19.3 Å². The van der Waals surface area contributed by atoms with E-state index in [1.807, 2.05) is 0 Å². The molecule has 5 N–H and O–H groups in total. The van der Waals surface area contributed by atoms with Crippen LogP contribution in [0.5, 0.6) is 0 Å². The first-order valence-corrected chi connectivity index (χ1v) is 9.21. The predicted octanol–water partition coefficient (Wildman–Crippen LogP) is 1.54. The van der Waals surface area contributed by atoms with Crippen molar-refractivity contribution in [2.45, 2.75) is 51.0 Å². The van der Waals surface area contributed by atoms with Crippen LogP contribution < -0.4 is 26.7 Å². The summed E-state index contributed by atoms with van der Waals surface area (Å²) in [5.41, 5.74) is 10.5. The SMILES string of the molecule is CC(=O)N(C)c1ccc(NC2(N)N=CN(C(=O)NC3CCCCC3)N2)cc1. The minimum atomic E-state index is -1.32. The molecule has 1 unspecified atom stereocenters. The largest absolute Gasteiger partial charge is 0.337 e. The van der Waals surface area contributed by atoms with E-state index in [2.05, 4.69) is 21.1 Å². The van der Waals surface area contributed by atoms with Crippen LogP contribution in [0.2, 0.25) is 0 Å². The maximum Gasteiger partial charge on any atom is 0.337 e. The Kier molecular flexibility index (Phi) is 5.62. The summed E-state index contributed by atoms with van der Waals surface area (Å²) in [5.74, 6) is -1.37. The summed E-state index contributed by atoms with van der Waals surface area (Å²) in [6.07, 6.45) is 6.90. The third-order valence-corrected chi connectivity index (χ3v) is 4.88. The molecule has 9 nitrogen and oxygen atoms in total. The second kappa shape index (κ2) is 7.93. The topological polar surface area (TPSA) is 115 Å². The number of carbonyl (C=O) groups excluding carboxylic acids is 2. The summed E-state index contributed by atoms with van der Waals surface area (Å²) in [6.45, 7) is 1.51. The van der Waals surface area contributed by atoms with Gasteiger partial charge < -0.3 is 15.5 Å². The molecule has 1 aromatic carbocycles. The first-order chi connectivity index (χ1) is 12.9. The van der Waals surface area contributed by atoms with E-state index < -0.39 is 5.91 Å². The third kappa shape index (κ3) is 4.75. The van der Waals surface area contributed by atoms with Crippen LogP contribution in [0.15, 0.2) is 29.3 Å². The number of rotatable bonds is 4. The molecule has 0 bridgehead atoms. The summed E-state index contributed by atoms with van der Waals surface area (Å²) in [5, 5.41) is 7.31. The van der Waals surface area contributed by atoms with Gasteiger partial charge in [0.25, 0.3) is 5.91 Å². The number of amides is 3. The van der Waals surface area contributed by atoms with E-state index in [4.69, 9.17) is 5.73 Å². The third-order valence-electron chi connectivity index (χ3n) is 4.88. The molecule has 27 heavy (non-hydrogen) atoms. The van der Waals surface area contributed by atoms with Crippen LogP contribution in [0.4, 0.5) is 16.2 Å².